The van der Waals surface area contributed by atoms with Gasteiger partial charge in [-0.15, -0.1) is 0 Å². The molecule has 2 atom stereocenters. The molecule has 0 aromatic heterocycles. The summed E-state index contributed by atoms with van der Waals surface area (Å²) >= 11 is 0. The second-order valence-electron chi connectivity index (χ2n) is 8.05. The molecule has 0 saturated heterocycles. The molecule has 0 bridgehead atoms. The summed E-state index contributed by atoms with van der Waals surface area (Å²) in [6.07, 6.45) is 2.51. The fourth-order valence-electron chi connectivity index (χ4n) is 3.41. The van der Waals surface area contributed by atoms with Crippen molar-refractivity contribution in [3.63, 3.8) is 0 Å². The Balaban J connectivity index is 1.93. The number of amides is 2. The molecule has 0 spiro atoms. The van der Waals surface area contributed by atoms with Crippen LogP contribution in [-0.2, 0) is 9.53 Å². The lowest BCUT2D eigenvalue weighted by atomic mass is 9.85. The maximum Gasteiger partial charge on any atom is 0.417 e. The van der Waals surface area contributed by atoms with E-state index >= 15 is 0 Å². The van der Waals surface area contributed by atoms with Gasteiger partial charge in [0.2, 0.25) is 0 Å². The van der Waals surface area contributed by atoms with E-state index < -0.39 is 23.6 Å². The summed E-state index contributed by atoms with van der Waals surface area (Å²) in [7, 11) is 0. The van der Waals surface area contributed by atoms with Gasteiger partial charge in [0.25, 0.3) is 5.91 Å². The minimum Gasteiger partial charge on any atom is -0.443 e. The maximum absolute atomic E-state index is 12.9. The third-order valence-corrected chi connectivity index (χ3v) is 4.70. The summed E-state index contributed by atoms with van der Waals surface area (Å²) in [6.45, 7) is 5.25. The smallest absolute Gasteiger partial charge is 0.417 e. The highest BCUT2D eigenvalue weighted by Crippen LogP contribution is 2.33. The van der Waals surface area contributed by atoms with Crippen LogP contribution in [0.5, 0.6) is 0 Å². The van der Waals surface area contributed by atoms with Crippen molar-refractivity contribution >= 4 is 17.8 Å². The second-order valence-corrected chi connectivity index (χ2v) is 8.05. The Morgan fingerprint density at radius 1 is 1.00 bits per heavy atom. The van der Waals surface area contributed by atoms with Crippen LogP contribution < -0.4 is 0 Å². The number of hydrogen-bond donors (Lipinski definition) is 0. The number of hydrogen-bond acceptors (Lipinski definition) is 4. The van der Waals surface area contributed by atoms with Gasteiger partial charge in [-0.1, -0.05) is 66.7 Å². The molecule has 0 radical (unpaired) electrons. The molecule has 5 heteroatoms. The lowest BCUT2D eigenvalue weighted by Crippen LogP contribution is -2.45. The molecule has 3 rings (SSSR count). The molecular weight excluding hydrogens is 366 g/mol. The molecule has 0 unspecified atom stereocenters. The SMILES string of the molecule is CC(C)(C)OC(=O)N1C(=O)C=C[C@H]1[C@H](CC(=O)c1ccccc1)c1ccccc1. The van der Waals surface area contributed by atoms with E-state index in [1.165, 1.54) is 6.08 Å². The van der Waals surface area contributed by atoms with Crippen LogP contribution in [0.15, 0.2) is 72.8 Å². The van der Waals surface area contributed by atoms with Crippen molar-refractivity contribution in [1.82, 2.24) is 4.90 Å². The molecule has 0 fully saturated rings. The monoisotopic (exact) mass is 391 g/mol. The summed E-state index contributed by atoms with van der Waals surface area (Å²) in [5, 5.41) is 0. The van der Waals surface area contributed by atoms with Gasteiger partial charge in [0, 0.05) is 24.0 Å². The topological polar surface area (TPSA) is 63.7 Å². The highest BCUT2D eigenvalue weighted by atomic mass is 16.6. The normalized spacial score (nSPS) is 17.3. The van der Waals surface area contributed by atoms with Gasteiger partial charge in [-0.05, 0) is 26.3 Å². The van der Waals surface area contributed by atoms with Crippen molar-refractivity contribution in [1.29, 1.82) is 0 Å². The molecule has 0 N–H and O–H groups in total. The van der Waals surface area contributed by atoms with Crippen LogP contribution in [0.4, 0.5) is 4.79 Å². The van der Waals surface area contributed by atoms with E-state index in [-0.39, 0.29) is 18.1 Å². The van der Waals surface area contributed by atoms with Crippen LogP contribution in [0, 0.1) is 0 Å². The molecule has 2 aromatic rings. The first-order chi connectivity index (χ1) is 13.8. The van der Waals surface area contributed by atoms with Gasteiger partial charge in [-0.2, -0.15) is 0 Å². The fraction of sp³-hybridized carbons (Fsp3) is 0.292. The van der Waals surface area contributed by atoms with Gasteiger partial charge in [-0.3, -0.25) is 9.59 Å². The number of rotatable bonds is 5. The van der Waals surface area contributed by atoms with E-state index in [1.54, 1.807) is 39.0 Å². The average molecular weight is 391 g/mol. The van der Waals surface area contributed by atoms with Crippen LogP contribution in [0.3, 0.4) is 0 Å². The zero-order chi connectivity index (χ0) is 21.0. The van der Waals surface area contributed by atoms with Gasteiger partial charge >= 0.3 is 6.09 Å². The van der Waals surface area contributed by atoms with Crippen molar-refractivity contribution in [3.05, 3.63) is 83.9 Å². The summed E-state index contributed by atoms with van der Waals surface area (Å²) < 4.78 is 5.44. The highest BCUT2D eigenvalue weighted by Gasteiger charge is 2.40. The van der Waals surface area contributed by atoms with E-state index in [0.717, 1.165) is 10.5 Å². The number of Topliss-reactive ketones (excluding diaryl/α,β-unsaturated/α-hetero) is 1. The Labute approximate surface area is 171 Å². The van der Waals surface area contributed by atoms with Gasteiger partial charge in [0.05, 0.1) is 6.04 Å². The lowest BCUT2D eigenvalue weighted by molar-refractivity contribution is -0.125. The molecule has 2 amide bonds. The summed E-state index contributed by atoms with van der Waals surface area (Å²) in [5.74, 6) is -0.854. The molecule has 0 saturated carbocycles. The lowest BCUT2D eigenvalue weighted by Gasteiger charge is -2.32. The van der Waals surface area contributed by atoms with Crippen molar-refractivity contribution in [2.24, 2.45) is 0 Å². The predicted molar refractivity (Wildman–Crippen MR) is 111 cm³/mol. The van der Waals surface area contributed by atoms with Gasteiger partial charge in [0.15, 0.2) is 5.78 Å². The minimum atomic E-state index is -0.730. The van der Waals surface area contributed by atoms with Gasteiger partial charge in [0.1, 0.15) is 5.60 Å². The summed E-state index contributed by atoms with van der Waals surface area (Å²) in [5.41, 5.74) is 0.757. The molecule has 0 aliphatic carbocycles. The van der Waals surface area contributed by atoms with Crippen molar-refractivity contribution in [3.8, 4) is 0 Å². The third kappa shape index (κ3) is 4.99. The largest absolute Gasteiger partial charge is 0.443 e. The molecule has 150 valence electrons. The first kappa shape index (κ1) is 20.5. The van der Waals surface area contributed by atoms with Crippen molar-refractivity contribution in [2.45, 2.75) is 44.8 Å². The summed E-state index contributed by atoms with van der Waals surface area (Å²) in [6, 6.07) is 17.9. The van der Waals surface area contributed by atoms with E-state index in [9.17, 15) is 14.4 Å². The molecule has 29 heavy (non-hydrogen) atoms. The fourth-order valence-corrected chi connectivity index (χ4v) is 3.41. The number of nitrogens with zero attached hydrogens (tertiary/aromatic N) is 1. The Bertz CT molecular complexity index is 913. The Morgan fingerprint density at radius 3 is 2.17 bits per heavy atom. The van der Waals surface area contributed by atoms with E-state index in [1.807, 2.05) is 48.5 Å². The standard InChI is InChI=1S/C24H25NO4/c1-24(2,3)29-23(28)25-20(14-15-22(25)27)19(17-10-6-4-7-11-17)16-21(26)18-12-8-5-9-13-18/h4-15,19-20H,16H2,1-3H3/t19-,20+/m1/s1. The Hall–Kier alpha value is -3.21. The number of imide groups is 1. The number of benzene rings is 2. The van der Waals surface area contributed by atoms with Crippen LogP contribution >= 0.6 is 0 Å². The quantitative estimate of drug-likeness (QED) is 0.690. The van der Waals surface area contributed by atoms with E-state index in [2.05, 4.69) is 0 Å². The average Bonchev–Trinajstić information content (AvgIpc) is 3.07. The Morgan fingerprint density at radius 2 is 1.59 bits per heavy atom. The predicted octanol–water partition coefficient (Wildman–Crippen LogP) is 4.75. The molecule has 1 aliphatic rings. The number of ether oxygens (including phenoxy) is 1. The molecule has 5 nitrogen and oxygen atoms in total. The van der Waals surface area contributed by atoms with Crippen molar-refractivity contribution in [2.75, 3.05) is 0 Å². The zero-order valence-electron chi connectivity index (χ0n) is 16.9. The Kier molecular flexibility index (Phi) is 5.97. The molecule has 2 aromatic carbocycles. The van der Waals surface area contributed by atoms with Crippen molar-refractivity contribution < 1.29 is 19.1 Å². The van der Waals surface area contributed by atoms with E-state index in [0.29, 0.717) is 5.56 Å². The summed E-state index contributed by atoms with van der Waals surface area (Å²) in [4.78, 5) is 39.2. The van der Waals surface area contributed by atoms with Crippen LogP contribution in [0.1, 0.15) is 49.0 Å². The maximum atomic E-state index is 12.9. The molecule has 1 aliphatic heterocycles. The first-order valence-corrected chi connectivity index (χ1v) is 9.64. The molecule has 1 heterocycles. The molecular formula is C24H25NO4. The van der Waals surface area contributed by atoms with Crippen LogP contribution in [0.25, 0.3) is 0 Å². The number of ketones is 1. The third-order valence-electron chi connectivity index (χ3n) is 4.70. The minimum absolute atomic E-state index is 0.0451. The highest BCUT2D eigenvalue weighted by molar-refractivity contribution is 6.02. The van der Waals surface area contributed by atoms with Gasteiger partial charge < -0.3 is 4.74 Å². The first-order valence-electron chi connectivity index (χ1n) is 9.64. The van der Waals surface area contributed by atoms with Crippen LogP contribution in [-0.4, -0.2) is 34.3 Å². The second kappa shape index (κ2) is 8.43. The van der Waals surface area contributed by atoms with Crippen LogP contribution in [0.2, 0.25) is 0 Å². The number of carbonyl (C=O) groups excluding carboxylic acids is 3. The van der Waals surface area contributed by atoms with E-state index in [4.69, 9.17) is 4.74 Å². The van der Waals surface area contributed by atoms with Gasteiger partial charge in [-0.25, -0.2) is 9.69 Å². The zero-order valence-corrected chi connectivity index (χ0v) is 16.9. The number of carbonyl (C=O) groups is 3.